The maximum atomic E-state index is 12.3. The lowest BCUT2D eigenvalue weighted by molar-refractivity contribution is -0.403. The molecule has 1 spiro atoms. The highest BCUT2D eigenvalue weighted by atomic mass is 16.8. The number of allylic oxidation sites excluding steroid dienone is 1. The van der Waals surface area contributed by atoms with Crippen molar-refractivity contribution in [1.82, 2.24) is 0 Å². The van der Waals surface area contributed by atoms with E-state index in [1.807, 2.05) is 0 Å². The molecule has 0 aromatic carbocycles. The van der Waals surface area contributed by atoms with Crippen molar-refractivity contribution in [3.8, 4) is 0 Å². The highest BCUT2D eigenvalue weighted by Crippen LogP contribution is 2.70. The molecule has 0 amide bonds. The third-order valence-corrected chi connectivity index (χ3v) is 19.6. The average Bonchev–Trinajstić information content (AvgIpc) is 3.83. The molecule has 6 saturated heterocycles. The Morgan fingerprint density at radius 1 is 0.603 bits per heavy atom. The van der Waals surface area contributed by atoms with Gasteiger partial charge >= 0.3 is 0 Å². The van der Waals surface area contributed by atoms with Crippen LogP contribution in [0.5, 0.6) is 0 Å². The van der Waals surface area contributed by atoms with Gasteiger partial charge in [0.15, 0.2) is 30.9 Å². The molecule has 6 aliphatic heterocycles. The van der Waals surface area contributed by atoms with Crippen molar-refractivity contribution in [2.24, 2.45) is 46.3 Å². The van der Waals surface area contributed by atoms with E-state index in [-0.39, 0.29) is 40.6 Å². The summed E-state index contributed by atoms with van der Waals surface area (Å²) >= 11 is 0. The first-order chi connectivity index (χ1) is 34.7. The molecule has 23 heteroatoms. The molecule has 13 N–H and O–H groups in total. The zero-order chi connectivity index (χ0) is 52.2. The molecule has 4 aliphatic carbocycles. The third kappa shape index (κ3) is 9.31. The van der Waals surface area contributed by atoms with E-state index in [9.17, 15) is 66.4 Å². The summed E-state index contributed by atoms with van der Waals surface area (Å²) in [7, 11) is 0. The van der Waals surface area contributed by atoms with Gasteiger partial charge in [0.25, 0.3) is 0 Å². The van der Waals surface area contributed by atoms with Gasteiger partial charge in [-0.05, 0) is 74.0 Å². The van der Waals surface area contributed by atoms with Crippen LogP contribution < -0.4 is 0 Å². The Kier molecular flexibility index (Phi) is 16.0. The topological polar surface area (TPSA) is 355 Å². The Bertz CT molecular complexity index is 1920. The Morgan fingerprint density at radius 2 is 1.23 bits per heavy atom. The molecule has 0 radical (unpaired) electrons. The molecular weight excluding hydrogens is 969 g/mol. The number of hydrogen-bond acceptors (Lipinski definition) is 23. The van der Waals surface area contributed by atoms with Gasteiger partial charge in [-0.1, -0.05) is 39.3 Å². The van der Waals surface area contributed by atoms with Crippen LogP contribution in [0.4, 0.5) is 0 Å². The number of ether oxygens (including phenoxy) is 10. The van der Waals surface area contributed by atoms with Gasteiger partial charge in [-0.3, -0.25) is 0 Å². The minimum absolute atomic E-state index is 0.0284. The third-order valence-electron chi connectivity index (χ3n) is 19.6. The number of aliphatic hydroxyl groups excluding tert-OH is 13. The van der Waals surface area contributed by atoms with Gasteiger partial charge in [-0.15, -0.1) is 0 Å². The van der Waals surface area contributed by atoms with Crippen molar-refractivity contribution in [2.45, 2.75) is 220 Å². The fourth-order valence-electron chi connectivity index (χ4n) is 15.2. The lowest BCUT2D eigenvalue weighted by atomic mass is 9.46. The molecule has 0 bridgehead atoms. The SMILES string of the molecule is C[C@H]1CC[C@@]2(OC1)O[C@H]1C[C@H]3[C@@H]4CC=C5C[C@@H](O[C@@H]6O[C@H](CO)[C@H](O[C@@H]7O[C@H](CO)[C@@H](O)[C@H](O[C@@H]8OC[C@@H](O)C(O)[C@H]8O)[C@H]7O[C@@H]7O[C@H](CO)[C@@H](O)[C@H](O)[C@H]7O)[C@H](O)[C@H]6O)CC[C@]5(C)[C@H]4C[C@@H](O)[C@]3(C)[C@H]1[C@@H]2C. The maximum Gasteiger partial charge on any atom is 0.187 e. The molecule has 418 valence electrons. The monoisotopic (exact) mass is 1050 g/mol. The number of rotatable bonds is 11. The summed E-state index contributed by atoms with van der Waals surface area (Å²) in [5.41, 5.74) is 0.660. The summed E-state index contributed by atoms with van der Waals surface area (Å²) < 4.78 is 61.1. The fraction of sp³-hybridized carbons (Fsp3) is 0.960. The summed E-state index contributed by atoms with van der Waals surface area (Å²) in [5.74, 6) is 1.11. The molecule has 0 aromatic heterocycles. The van der Waals surface area contributed by atoms with Gasteiger partial charge in [-0.2, -0.15) is 0 Å². The van der Waals surface area contributed by atoms with Crippen LogP contribution in [0.3, 0.4) is 0 Å². The van der Waals surface area contributed by atoms with E-state index < -0.39 is 161 Å². The van der Waals surface area contributed by atoms with Gasteiger partial charge in [0.1, 0.15) is 91.6 Å². The molecule has 23 nitrogen and oxygen atoms in total. The van der Waals surface area contributed by atoms with Gasteiger partial charge < -0.3 is 114 Å². The number of aliphatic hydroxyl groups is 13. The molecule has 0 aromatic rings. The quantitative estimate of drug-likeness (QED) is 0.0898. The first-order valence-electron chi connectivity index (χ1n) is 26.5. The van der Waals surface area contributed by atoms with E-state index in [4.69, 9.17) is 47.4 Å². The van der Waals surface area contributed by atoms with Crippen molar-refractivity contribution in [2.75, 3.05) is 33.0 Å². The average molecular weight is 1050 g/mol. The minimum Gasteiger partial charge on any atom is -0.394 e. The van der Waals surface area contributed by atoms with E-state index in [2.05, 4.69) is 33.8 Å². The molecule has 31 atom stereocenters. The largest absolute Gasteiger partial charge is 0.394 e. The molecule has 6 heterocycles. The Labute approximate surface area is 423 Å². The molecular formula is C50H80O23. The predicted octanol–water partition coefficient (Wildman–Crippen LogP) is -3.38. The maximum absolute atomic E-state index is 12.3. The molecule has 1 unspecified atom stereocenters. The molecule has 10 aliphatic rings. The van der Waals surface area contributed by atoms with Crippen LogP contribution in [0, 0.1) is 46.3 Å². The first kappa shape index (κ1) is 55.1. The second-order valence-electron chi connectivity index (χ2n) is 23.5. The highest BCUT2D eigenvalue weighted by Gasteiger charge is 2.71. The molecule has 3 saturated carbocycles. The van der Waals surface area contributed by atoms with Crippen molar-refractivity contribution in [3.63, 3.8) is 0 Å². The van der Waals surface area contributed by atoms with Crippen molar-refractivity contribution in [3.05, 3.63) is 11.6 Å². The van der Waals surface area contributed by atoms with Crippen LogP contribution in [0.1, 0.15) is 79.1 Å². The zero-order valence-corrected chi connectivity index (χ0v) is 41.8. The van der Waals surface area contributed by atoms with Gasteiger partial charge in [0.2, 0.25) is 0 Å². The van der Waals surface area contributed by atoms with Crippen molar-refractivity contribution < 1.29 is 114 Å². The summed E-state index contributed by atoms with van der Waals surface area (Å²) in [5, 5.41) is 142. The fourth-order valence-corrected chi connectivity index (χ4v) is 15.2. The van der Waals surface area contributed by atoms with E-state index >= 15 is 0 Å². The van der Waals surface area contributed by atoms with E-state index in [0.717, 1.165) is 32.1 Å². The van der Waals surface area contributed by atoms with E-state index in [1.54, 1.807) is 0 Å². The van der Waals surface area contributed by atoms with Crippen molar-refractivity contribution in [1.29, 1.82) is 0 Å². The summed E-state index contributed by atoms with van der Waals surface area (Å²) in [6.45, 7) is 6.68. The van der Waals surface area contributed by atoms with Crippen LogP contribution in [-0.4, -0.2) is 240 Å². The van der Waals surface area contributed by atoms with Crippen molar-refractivity contribution >= 4 is 0 Å². The highest BCUT2D eigenvalue weighted by molar-refractivity contribution is 5.27. The minimum atomic E-state index is -2.01. The second-order valence-corrected chi connectivity index (χ2v) is 23.5. The normalized spacial score (nSPS) is 57.1. The zero-order valence-electron chi connectivity index (χ0n) is 41.8. The summed E-state index contributed by atoms with van der Waals surface area (Å²) in [6.07, 6.45) is -25.8. The number of hydrogen-bond donors (Lipinski definition) is 13. The van der Waals surface area contributed by atoms with E-state index in [1.165, 1.54) is 5.57 Å². The molecule has 73 heavy (non-hydrogen) atoms. The molecule has 10 rings (SSSR count). The Hall–Kier alpha value is -1.18. The molecule has 9 fully saturated rings. The van der Waals surface area contributed by atoms with E-state index in [0.29, 0.717) is 37.7 Å². The lowest BCUT2D eigenvalue weighted by Gasteiger charge is -2.60. The van der Waals surface area contributed by atoms with Gasteiger partial charge in [-0.25, -0.2) is 0 Å². The standard InChI is InChI=1S/C50H80O23/c1-19-7-10-50(65-17-19)20(2)32-27(73-50)12-25-23-6-5-21-11-22(8-9-48(21,3)24(23)13-31(55)49(25,32)4)66-45-40(63)37(60)41(30(16-53)69-45)70-47-43(72-46-39(62)36(59)34(57)28(14-51)67-46)42(35(58)29(15-52)68-47)71-44-38(61)33(56)26(54)18-64-44/h5,19-20,22-47,51-63H,6-18H2,1-4H3/t19-,20-,22-,23+,24-,25-,26+,27-,28+,29+,30+,31+,32-,33?,34+,35+,36-,37+,38+,39+,40+,41-,42-,43+,44-,45+,46-,47-,48-,49+,50+/m0/s1. The summed E-state index contributed by atoms with van der Waals surface area (Å²) in [4.78, 5) is 0. The lowest BCUT2D eigenvalue weighted by Crippen LogP contribution is -2.68. The van der Waals surface area contributed by atoms with Crippen LogP contribution in [-0.2, 0) is 47.4 Å². The number of fused-ring (bicyclic) bond motifs is 7. The first-order valence-corrected chi connectivity index (χ1v) is 26.5. The second kappa shape index (κ2) is 21.1. The van der Waals surface area contributed by atoms with Crippen LogP contribution in [0.15, 0.2) is 11.6 Å². The van der Waals surface area contributed by atoms with Gasteiger partial charge in [0.05, 0.1) is 51.3 Å². The van der Waals surface area contributed by atoms with Crippen LogP contribution in [0.2, 0.25) is 0 Å². The Morgan fingerprint density at radius 3 is 1.93 bits per heavy atom. The predicted molar refractivity (Wildman–Crippen MR) is 244 cm³/mol. The Balaban J connectivity index is 0.832. The van der Waals surface area contributed by atoms with Crippen LogP contribution >= 0.6 is 0 Å². The summed E-state index contributed by atoms with van der Waals surface area (Å²) in [6, 6.07) is 0. The van der Waals surface area contributed by atoms with Gasteiger partial charge in [0, 0.05) is 23.7 Å². The van der Waals surface area contributed by atoms with Crippen LogP contribution in [0.25, 0.3) is 0 Å². The smallest absolute Gasteiger partial charge is 0.187 e.